The number of ether oxygens (including phenoxy) is 1. The molecule has 1 rings (SSSR count). The summed E-state index contributed by atoms with van der Waals surface area (Å²) < 4.78 is 4.76. The monoisotopic (exact) mass is 168 g/mol. The summed E-state index contributed by atoms with van der Waals surface area (Å²) >= 11 is 0. The summed E-state index contributed by atoms with van der Waals surface area (Å²) in [5.74, 6) is -0.463. The lowest BCUT2D eigenvalue weighted by atomic mass is 10.2. The molecule has 0 atom stereocenters. The summed E-state index contributed by atoms with van der Waals surface area (Å²) in [4.78, 5) is 10.3. The molecule has 0 aliphatic carbocycles. The molecule has 64 valence electrons. The zero-order valence-corrected chi connectivity index (χ0v) is 6.44. The summed E-state index contributed by atoms with van der Waals surface area (Å²) in [5.41, 5.74) is 0.00634. The predicted octanol–water partition coefficient (Wildman–Crippen LogP) is 0.919. The van der Waals surface area contributed by atoms with E-state index in [1.165, 1.54) is 19.2 Å². The molecule has 0 spiro atoms. The van der Waals surface area contributed by atoms with E-state index in [9.17, 15) is 4.79 Å². The normalized spacial score (nSPS) is 9.42. The second-order valence-electron chi connectivity index (χ2n) is 2.20. The van der Waals surface area contributed by atoms with Crippen molar-refractivity contribution in [2.75, 3.05) is 7.11 Å². The van der Waals surface area contributed by atoms with E-state index in [4.69, 9.17) is 14.9 Å². The van der Waals surface area contributed by atoms with Crippen LogP contribution in [0.15, 0.2) is 12.1 Å². The number of aromatic hydroxyl groups is 2. The largest absolute Gasteiger partial charge is 0.504 e. The molecule has 0 saturated heterocycles. The van der Waals surface area contributed by atoms with E-state index >= 15 is 0 Å². The maximum atomic E-state index is 10.3. The van der Waals surface area contributed by atoms with Crippen molar-refractivity contribution >= 4 is 6.29 Å². The van der Waals surface area contributed by atoms with Crippen LogP contribution in [-0.2, 0) is 0 Å². The lowest BCUT2D eigenvalue weighted by Gasteiger charge is -2.03. The SMILES string of the molecule is COc1cc(O)c(O)c(C=O)c1. The molecule has 0 radical (unpaired) electrons. The fourth-order valence-corrected chi connectivity index (χ4v) is 0.822. The third kappa shape index (κ3) is 1.32. The van der Waals surface area contributed by atoms with Crippen molar-refractivity contribution in [1.29, 1.82) is 0 Å². The average molecular weight is 168 g/mol. The summed E-state index contributed by atoms with van der Waals surface area (Å²) in [6.45, 7) is 0. The van der Waals surface area contributed by atoms with Crippen LogP contribution >= 0.6 is 0 Å². The highest BCUT2D eigenvalue weighted by molar-refractivity contribution is 5.81. The molecule has 1 aromatic rings. The maximum Gasteiger partial charge on any atom is 0.168 e. The van der Waals surface area contributed by atoms with Gasteiger partial charge in [-0.25, -0.2) is 0 Å². The van der Waals surface area contributed by atoms with Gasteiger partial charge in [-0.1, -0.05) is 0 Å². The van der Waals surface area contributed by atoms with Gasteiger partial charge < -0.3 is 14.9 Å². The molecule has 0 aromatic heterocycles. The number of aldehydes is 1. The summed E-state index contributed by atoms with van der Waals surface area (Å²) in [6.07, 6.45) is 0.442. The second kappa shape index (κ2) is 3.13. The Hall–Kier alpha value is -1.71. The highest BCUT2D eigenvalue weighted by Gasteiger charge is 2.07. The molecule has 4 nitrogen and oxygen atoms in total. The molecule has 2 N–H and O–H groups in total. The van der Waals surface area contributed by atoms with Gasteiger partial charge in [0.05, 0.1) is 12.7 Å². The van der Waals surface area contributed by atoms with Crippen molar-refractivity contribution in [3.8, 4) is 17.2 Å². The molecular formula is C8H8O4. The quantitative estimate of drug-likeness (QED) is 0.509. The molecule has 0 amide bonds. The molecule has 0 fully saturated rings. The Bertz CT molecular complexity index is 306. The van der Waals surface area contributed by atoms with Crippen LogP contribution in [0.4, 0.5) is 0 Å². The first kappa shape index (κ1) is 8.39. The second-order valence-corrected chi connectivity index (χ2v) is 2.20. The predicted molar refractivity (Wildman–Crippen MR) is 41.7 cm³/mol. The van der Waals surface area contributed by atoms with Crippen LogP contribution in [0.2, 0.25) is 0 Å². The summed E-state index contributed by atoms with van der Waals surface area (Å²) in [7, 11) is 1.40. The molecule has 12 heavy (non-hydrogen) atoms. The van der Waals surface area contributed by atoms with Crippen molar-refractivity contribution in [3.63, 3.8) is 0 Å². The van der Waals surface area contributed by atoms with Crippen LogP contribution in [-0.4, -0.2) is 23.6 Å². The highest BCUT2D eigenvalue weighted by Crippen LogP contribution is 2.32. The Balaban J connectivity index is 3.28. The number of hydrogen-bond acceptors (Lipinski definition) is 4. The number of carbonyl (C=O) groups is 1. The summed E-state index contributed by atoms with van der Waals surface area (Å²) in [5, 5.41) is 18.1. The van der Waals surface area contributed by atoms with Crippen molar-refractivity contribution in [2.45, 2.75) is 0 Å². The molecule has 0 unspecified atom stereocenters. The molecule has 0 aliphatic rings. The Morgan fingerprint density at radius 2 is 2.08 bits per heavy atom. The highest BCUT2D eigenvalue weighted by atomic mass is 16.5. The Morgan fingerprint density at radius 3 is 2.58 bits per heavy atom. The van der Waals surface area contributed by atoms with E-state index in [0.717, 1.165) is 0 Å². The van der Waals surface area contributed by atoms with E-state index in [1.807, 2.05) is 0 Å². The van der Waals surface area contributed by atoms with E-state index in [1.54, 1.807) is 0 Å². The van der Waals surface area contributed by atoms with Crippen LogP contribution in [0.1, 0.15) is 10.4 Å². The zero-order chi connectivity index (χ0) is 9.14. The fraction of sp³-hybridized carbons (Fsp3) is 0.125. The van der Waals surface area contributed by atoms with Crippen molar-refractivity contribution in [1.82, 2.24) is 0 Å². The van der Waals surface area contributed by atoms with E-state index in [-0.39, 0.29) is 11.3 Å². The van der Waals surface area contributed by atoms with Gasteiger partial charge >= 0.3 is 0 Å². The topological polar surface area (TPSA) is 66.8 Å². The van der Waals surface area contributed by atoms with Crippen molar-refractivity contribution in [3.05, 3.63) is 17.7 Å². The fourth-order valence-electron chi connectivity index (χ4n) is 0.822. The van der Waals surface area contributed by atoms with Gasteiger partial charge in [-0.3, -0.25) is 4.79 Å². The molecule has 0 saturated carbocycles. The minimum atomic E-state index is -0.425. The van der Waals surface area contributed by atoms with E-state index in [2.05, 4.69) is 0 Å². The van der Waals surface area contributed by atoms with Gasteiger partial charge in [0.25, 0.3) is 0 Å². The lowest BCUT2D eigenvalue weighted by molar-refractivity contribution is 0.112. The third-order valence-corrected chi connectivity index (χ3v) is 1.46. The first-order chi connectivity index (χ1) is 5.69. The number of phenolic OH excluding ortho intramolecular Hbond substituents is 2. The Labute approximate surface area is 69.0 Å². The van der Waals surface area contributed by atoms with Crippen LogP contribution in [0.3, 0.4) is 0 Å². The number of carbonyl (C=O) groups excluding carboxylic acids is 1. The number of benzene rings is 1. The maximum absolute atomic E-state index is 10.3. The van der Waals surface area contributed by atoms with Crippen LogP contribution in [0.25, 0.3) is 0 Å². The molecule has 1 aromatic carbocycles. The molecular weight excluding hydrogens is 160 g/mol. The van der Waals surface area contributed by atoms with Crippen molar-refractivity contribution < 1.29 is 19.7 Å². The Morgan fingerprint density at radius 1 is 1.42 bits per heavy atom. The zero-order valence-electron chi connectivity index (χ0n) is 6.44. The molecule has 0 heterocycles. The Kier molecular flexibility index (Phi) is 2.19. The van der Waals surface area contributed by atoms with Gasteiger partial charge in [0.1, 0.15) is 5.75 Å². The number of rotatable bonds is 2. The standard InChI is InChI=1S/C8H8O4/c1-12-6-2-5(4-9)8(11)7(10)3-6/h2-4,10-11H,1H3. The van der Waals surface area contributed by atoms with Gasteiger partial charge in [0.2, 0.25) is 0 Å². The number of hydrogen-bond donors (Lipinski definition) is 2. The minimum absolute atomic E-state index is 0.00634. The molecule has 0 bridgehead atoms. The van der Waals surface area contributed by atoms with E-state index in [0.29, 0.717) is 12.0 Å². The summed E-state index contributed by atoms with van der Waals surface area (Å²) in [6, 6.07) is 2.56. The minimum Gasteiger partial charge on any atom is -0.504 e. The average Bonchev–Trinajstić information content (AvgIpc) is 2.09. The third-order valence-electron chi connectivity index (χ3n) is 1.46. The smallest absolute Gasteiger partial charge is 0.168 e. The number of methoxy groups -OCH3 is 1. The van der Waals surface area contributed by atoms with Gasteiger partial charge in [0, 0.05) is 6.07 Å². The van der Waals surface area contributed by atoms with Gasteiger partial charge in [-0.2, -0.15) is 0 Å². The lowest BCUT2D eigenvalue weighted by Crippen LogP contribution is -1.87. The molecule has 0 aliphatic heterocycles. The van der Waals surface area contributed by atoms with Crippen LogP contribution in [0, 0.1) is 0 Å². The van der Waals surface area contributed by atoms with Gasteiger partial charge in [-0.05, 0) is 6.07 Å². The molecule has 4 heteroatoms. The van der Waals surface area contributed by atoms with Gasteiger partial charge in [-0.15, -0.1) is 0 Å². The number of phenols is 2. The van der Waals surface area contributed by atoms with Crippen molar-refractivity contribution in [2.24, 2.45) is 0 Å². The van der Waals surface area contributed by atoms with Crippen LogP contribution < -0.4 is 4.74 Å². The van der Waals surface area contributed by atoms with E-state index < -0.39 is 5.75 Å². The van der Waals surface area contributed by atoms with Gasteiger partial charge in [0.15, 0.2) is 17.8 Å². The first-order valence-electron chi connectivity index (χ1n) is 3.24. The van der Waals surface area contributed by atoms with Crippen LogP contribution in [0.5, 0.6) is 17.2 Å². The first-order valence-corrected chi connectivity index (χ1v) is 3.24.